The number of ether oxygens (including phenoxy) is 1. The number of aromatic nitrogens is 1. The lowest BCUT2D eigenvalue weighted by Gasteiger charge is -2.34. The molecule has 2 amide bonds. The summed E-state index contributed by atoms with van der Waals surface area (Å²) in [5.41, 5.74) is 1.71. The third-order valence-electron chi connectivity index (χ3n) is 4.92. The minimum atomic E-state index is -0.583. The zero-order valence-electron chi connectivity index (χ0n) is 14.1. The molecule has 25 heavy (non-hydrogen) atoms. The van der Waals surface area contributed by atoms with Gasteiger partial charge >= 0.3 is 0 Å². The average Bonchev–Trinajstić information content (AvgIpc) is 3.29. The van der Waals surface area contributed by atoms with Crippen molar-refractivity contribution < 1.29 is 14.3 Å². The Bertz CT molecular complexity index is 787. The summed E-state index contributed by atoms with van der Waals surface area (Å²) in [6, 6.07) is 11.4. The summed E-state index contributed by atoms with van der Waals surface area (Å²) >= 11 is 0. The lowest BCUT2D eigenvalue weighted by atomic mass is 10.1. The predicted octanol–water partition coefficient (Wildman–Crippen LogP) is 2.49. The molecular formula is C19H21N3O3. The third kappa shape index (κ3) is 2.77. The molecule has 1 saturated heterocycles. The van der Waals surface area contributed by atoms with E-state index in [1.807, 2.05) is 47.5 Å². The van der Waals surface area contributed by atoms with Crippen LogP contribution in [0.1, 0.15) is 31.5 Å². The Morgan fingerprint density at radius 2 is 2.12 bits per heavy atom. The Labute approximate surface area is 146 Å². The van der Waals surface area contributed by atoms with Gasteiger partial charge in [0.2, 0.25) is 5.91 Å². The van der Waals surface area contributed by atoms with Crippen molar-refractivity contribution in [2.24, 2.45) is 0 Å². The number of H-pyrrole nitrogens is 1. The lowest BCUT2D eigenvalue weighted by molar-refractivity contribution is -0.133. The molecule has 2 atom stereocenters. The van der Waals surface area contributed by atoms with Gasteiger partial charge < -0.3 is 14.6 Å². The zero-order chi connectivity index (χ0) is 17.4. The molecule has 4 rings (SSSR count). The van der Waals surface area contributed by atoms with Gasteiger partial charge in [0, 0.05) is 18.4 Å². The van der Waals surface area contributed by atoms with Crippen LogP contribution in [-0.2, 0) is 9.59 Å². The van der Waals surface area contributed by atoms with Crippen LogP contribution in [0.15, 0.2) is 42.6 Å². The van der Waals surface area contributed by atoms with Crippen molar-refractivity contribution >= 4 is 17.5 Å². The molecule has 2 aromatic rings. The van der Waals surface area contributed by atoms with Crippen LogP contribution in [0.5, 0.6) is 5.75 Å². The average molecular weight is 339 g/mol. The number of nitrogens with one attached hydrogen (secondary N) is 1. The molecule has 2 aliphatic rings. The van der Waals surface area contributed by atoms with Gasteiger partial charge in [-0.3, -0.25) is 14.5 Å². The second-order valence-electron chi connectivity index (χ2n) is 6.52. The summed E-state index contributed by atoms with van der Waals surface area (Å²) in [7, 11) is 0. The summed E-state index contributed by atoms with van der Waals surface area (Å²) in [5, 5.41) is 0. The summed E-state index contributed by atoms with van der Waals surface area (Å²) in [6.45, 7) is 2.48. The molecular weight excluding hydrogens is 318 g/mol. The number of anilines is 1. The van der Waals surface area contributed by atoms with Gasteiger partial charge in [0.05, 0.1) is 11.7 Å². The normalized spacial score (nSPS) is 22.7. The van der Waals surface area contributed by atoms with E-state index in [2.05, 4.69) is 4.98 Å². The maximum Gasteiger partial charge on any atom is 0.268 e. The number of benzene rings is 1. The van der Waals surface area contributed by atoms with E-state index in [4.69, 9.17) is 4.74 Å². The molecule has 0 spiro atoms. The van der Waals surface area contributed by atoms with E-state index in [9.17, 15) is 9.59 Å². The molecule has 3 heterocycles. The first-order valence-electron chi connectivity index (χ1n) is 8.65. The molecule has 1 N–H and O–H groups in total. The smallest absolute Gasteiger partial charge is 0.268 e. The summed E-state index contributed by atoms with van der Waals surface area (Å²) in [5.74, 6) is 0.432. The van der Waals surface area contributed by atoms with E-state index < -0.39 is 6.10 Å². The number of carbonyl (C=O) groups is 2. The molecule has 0 unspecified atom stereocenters. The quantitative estimate of drug-likeness (QED) is 0.934. The Kier molecular flexibility index (Phi) is 3.95. The van der Waals surface area contributed by atoms with Crippen LogP contribution in [0.2, 0.25) is 0 Å². The number of hydrogen-bond donors (Lipinski definition) is 1. The van der Waals surface area contributed by atoms with Crippen LogP contribution in [0.25, 0.3) is 0 Å². The van der Waals surface area contributed by atoms with Crippen molar-refractivity contribution in [3.05, 3.63) is 48.3 Å². The number of rotatable bonds is 3. The van der Waals surface area contributed by atoms with E-state index in [1.165, 1.54) is 0 Å². The van der Waals surface area contributed by atoms with Crippen LogP contribution in [0.3, 0.4) is 0 Å². The Balaban J connectivity index is 1.57. The Morgan fingerprint density at radius 3 is 2.92 bits per heavy atom. The van der Waals surface area contributed by atoms with E-state index >= 15 is 0 Å². The molecule has 6 nitrogen and oxygen atoms in total. The molecule has 6 heteroatoms. The van der Waals surface area contributed by atoms with Gasteiger partial charge in [-0.25, -0.2) is 0 Å². The molecule has 1 aromatic heterocycles. The largest absolute Gasteiger partial charge is 0.479 e. The first-order valence-corrected chi connectivity index (χ1v) is 8.65. The molecule has 1 fully saturated rings. The molecule has 0 aliphatic carbocycles. The van der Waals surface area contributed by atoms with Crippen molar-refractivity contribution in [2.75, 3.05) is 18.0 Å². The van der Waals surface area contributed by atoms with Gasteiger partial charge in [0.15, 0.2) is 6.10 Å². The standard InChI is InChI=1S/C19H21N3O3/c1-13-19(24)22(16-7-2-3-9-17(16)25-13)12-18(23)21-11-5-8-15(21)14-6-4-10-20-14/h2-4,6-7,9-10,13,15,20H,5,8,11-12H2,1H3/t13-,15-/m0/s1. The number of hydrogen-bond acceptors (Lipinski definition) is 3. The predicted molar refractivity (Wildman–Crippen MR) is 93.4 cm³/mol. The Morgan fingerprint density at radius 1 is 1.28 bits per heavy atom. The number of nitrogens with zero attached hydrogens (tertiary/aromatic N) is 2. The maximum absolute atomic E-state index is 13.0. The second kappa shape index (κ2) is 6.27. The number of likely N-dealkylation sites (tertiary alicyclic amines) is 1. The lowest BCUT2D eigenvalue weighted by Crippen LogP contribution is -2.49. The molecule has 0 bridgehead atoms. The van der Waals surface area contributed by atoms with Gasteiger partial charge in [-0.2, -0.15) is 0 Å². The van der Waals surface area contributed by atoms with Crippen molar-refractivity contribution in [3.8, 4) is 5.75 Å². The van der Waals surface area contributed by atoms with E-state index in [0.717, 1.165) is 25.1 Å². The first kappa shape index (κ1) is 15.7. The number of aromatic amines is 1. The fourth-order valence-electron chi connectivity index (χ4n) is 3.69. The molecule has 2 aliphatic heterocycles. The number of fused-ring (bicyclic) bond motifs is 1. The second-order valence-corrected chi connectivity index (χ2v) is 6.52. The van der Waals surface area contributed by atoms with Crippen molar-refractivity contribution in [1.29, 1.82) is 0 Å². The molecule has 130 valence electrons. The maximum atomic E-state index is 13.0. The van der Waals surface area contributed by atoms with Gasteiger partial charge in [-0.15, -0.1) is 0 Å². The fourth-order valence-corrected chi connectivity index (χ4v) is 3.69. The highest BCUT2D eigenvalue weighted by atomic mass is 16.5. The summed E-state index contributed by atoms with van der Waals surface area (Å²) in [4.78, 5) is 32.2. The highest BCUT2D eigenvalue weighted by Crippen LogP contribution is 2.35. The summed E-state index contributed by atoms with van der Waals surface area (Å²) < 4.78 is 5.64. The van der Waals surface area contributed by atoms with Crippen molar-refractivity contribution in [3.63, 3.8) is 0 Å². The van der Waals surface area contributed by atoms with Gasteiger partial charge in [0.1, 0.15) is 12.3 Å². The van der Waals surface area contributed by atoms with Crippen LogP contribution in [-0.4, -0.2) is 40.9 Å². The zero-order valence-corrected chi connectivity index (χ0v) is 14.1. The molecule has 1 aromatic carbocycles. The minimum Gasteiger partial charge on any atom is -0.479 e. The minimum absolute atomic E-state index is 0.0330. The van der Waals surface area contributed by atoms with Crippen LogP contribution in [0.4, 0.5) is 5.69 Å². The van der Waals surface area contributed by atoms with E-state index in [0.29, 0.717) is 11.4 Å². The van der Waals surface area contributed by atoms with Crippen LogP contribution >= 0.6 is 0 Å². The molecule has 0 radical (unpaired) electrons. The topological polar surface area (TPSA) is 65.6 Å². The molecule has 0 saturated carbocycles. The van der Waals surface area contributed by atoms with E-state index in [-0.39, 0.29) is 24.4 Å². The van der Waals surface area contributed by atoms with E-state index in [1.54, 1.807) is 11.8 Å². The highest BCUT2D eigenvalue weighted by molar-refractivity contribution is 6.03. The van der Waals surface area contributed by atoms with Gasteiger partial charge in [-0.1, -0.05) is 12.1 Å². The third-order valence-corrected chi connectivity index (χ3v) is 4.92. The number of carbonyl (C=O) groups excluding carboxylic acids is 2. The van der Waals surface area contributed by atoms with Gasteiger partial charge in [0.25, 0.3) is 5.91 Å². The number of amides is 2. The van der Waals surface area contributed by atoms with Crippen LogP contribution < -0.4 is 9.64 Å². The van der Waals surface area contributed by atoms with Gasteiger partial charge in [-0.05, 0) is 44.0 Å². The first-order chi connectivity index (χ1) is 12.1. The fraction of sp³-hybridized carbons (Fsp3) is 0.368. The van der Waals surface area contributed by atoms with Crippen LogP contribution in [0, 0.1) is 0 Å². The Hall–Kier alpha value is -2.76. The SMILES string of the molecule is C[C@@H]1Oc2ccccc2N(CC(=O)N2CCC[C@H]2c2ccc[nH]2)C1=O. The summed E-state index contributed by atoms with van der Waals surface area (Å²) in [6.07, 6.45) is 3.20. The van der Waals surface area contributed by atoms with Crippen molar-refractivity contribution in [1.82, 2.24) is 9.88 Å². The van der Waals surface area contributed by atoms with Crippen molar-refractivity contribution in [2.45, 2.75) is 31.9 Å². The number of para-hydroxylation sites is 2. The highest BCUT2D eigenvalue weighted by Gasteiger charge is 2.36. The monoisotopic (exact) mass is 339 g/mol.